The molecule has 0 saturated heterocycles. The molecule has 1 atom stereocenters. The summed E-state index contributed by atoms with van der Waals surface area (Å²) in [6.07, 6.45) is 1.67. The molecule has 2 aromatic rings. The lowest BCUT2D eigenvalue weighted by Gasteiger charge is -2.09. The van der Waals surface area contributed by atoms with E-state index in [1.807, 2.05) is 29.5 Å². The number of pyridine rings is 1. The fourth-order valence-corrected chi connectivity index (χ4v) is 1.65. The van der Waals surface area contributed by atoms with Gasteiger partial charge in [0.15, 0.2) is 0 Å². The highest BCUT2D eigenvalue weighted by atomic mass is 16.4. The average Bonchev–Trinajstić information content (AvgIpc) is 2.59. The topological polar surface area (TPSA) is 54.6 Å². The van der Waals surface area contributed by atoms with Gasteiger partial charge >= 0.3 is 5.97 Å². The normalized spacial score (nSPS) is 12.9. The van der Waals surface area contributed by atoms with Crippen LogP contribution in [0, 0.1) is 6.92 Å². The zero-order valence-electron chi connectivity index (χ0n) is 8.64. The SMILES string of the molecule is Cc1ncn2c(C(C)C(=O)O)cccc12. The predicted octanol–water partition coefficient (Wildman–Crippen LogP) is 1.83. The van der Waals surface area contributed by atoms with E-state index in [-0.39, 0.29) is 0 Å². The van der Waals surface area contributed by atoms with Gasteiger partial charge in [0.2, 0.25) is 0 Å². The quantitative estimate of drug-likeness (QED) is 0.811. The van der Waals surface area contributed by atoms with Gasteiger partial charge in [-0.1, -0.05) is 6.07 Å². The Bertz CT molecular complexity index is 516. The van der Waals surface area contributed by atoms with Crippen molar-refractivity contribution >= 4 is 11.5 Å². The second-order valence-electron chi connectivity index (χ2n) is 3.60. The molecule has 0 aromatic carbocycles. The molecule has 2 rings (SSSR count). The number of nitrogens with zero attached hydrogens (tertiary/aromatic N) is 2. The van der Waals surface area contributed by atoms with E-state index < -0.39 is 11.9 Å². The maximum absolute atomic E-state index is 10.9. The first-order chi connectivity index (χ1) is 7.11. The van der Waals surface area contributed by atoms with Gasteiger partial charge in [-0.25, -0.2) is 4.98 Å². The Morgan fingerprint density at radius 3 is 2.93 bits per heavy atom. The van der Waals surface area contributed by atoms with Gasteiger partial charge < -0.3 is 9.51 Å². The zero-order chi connectivity index (χ0) is 11.0. The van der Waals surface area contributed by atoms with E-state index in [1.54, 1.807) is 13.3 Å². The molecular weight excluding hydrogens is 192 g/mol. The van der Waals surface area contributed by atoms with Crippen LogP contribution in [0.2, 0.25) is 0 Å². The van der Waals surface area contributed by atoms with Gasteiger partial charge in [-0.15, -0.1) is 0 Å². The van der Waals surface area contributed by atoms with Crippen molar-refractivity contribution in [2.24, 2.45) is 0 Å². The predicted molar refractivity (Wildman–Crippen MR) is 56.0 cm³/mol. The van der Waals surface area contributed by atoms with E-state index >= 15 is 0 Å². The maximum atomic E-state index is 10.9. The first-order valence-corrected chi connectivity index (χ1v) is 4.76. The molecule has 0 aliphatic carbocycles. The molecule has 0 spiro atoms. The van der Waals surface area contributed by atoms with Gasteiger partial charge in [0.25, 0.3) is 0 Å². The third-order valence-electron chi connectivity index (χ3n) is 2.61. The molecule has 0 aliphatic rings. The summed E-state index contributed by atoms with van der Waals surface area (Å²) >= 11 is 0. The molecule has 0 saturated carbocycles. The summed E-state index contributed by atoms with van der Waals surface area (Å²) in [6, 6.07) is 5.60. The lowest BCUT2D eigenvalue weighted by atomic mass is 10.1. The molecule has 2 aromatic heterocycles. The largest absolute Gasteiger partial charge is 0.481 e. The summed E-state index contributed by atoms with van der Waals surface area (Å²) in [5.74, 6) is -1.35. The van der Waals surface area contributed by atoms with Crippen molar-refractivity contribution < 1.29 is 9.90 Å². The molecule has 4 nitrogen and oxygen atoms in total. The van der Waals surface area contributed by atoms with Crippen LogP contribution in [0.25, 0.3) is 5.52 Å². The Morgan fingerprint density at radius 2 is 2.27 bits per heavy atom. The number of carboxylic acid groups (broad SMARTS) is 1. The lowest BCUT2D eigenvalue weighted by molar-refractivity contribution is -0.138. The highest BCUT2D eigenvalue weighted by Gasteiger charge is 2.16. The molecule has 4 heteroatoms. The number of aromatic nitrogens is 2. The van der Waals surface area contributed by atoms with Gasteiger partial charge in [-0.3, -0.25) is 4.79 Å². The lowest BCUT2D eigenvalue weighted by Crippen LogP contribution is -2.11. The third-order valence-corrected chi connectivity index (χ3v) is 2.61. The molecular formula is C11H12N2O2. The van der Waals surface area contributed by atoms with Crippen LogP contribution >= 0.6 is 0 Å². The van der Waals surface area contributed by atoms with E-state index in [9.17, 15) is 4.79 Å². The van der Waals surface area contributed by atoms with Crippen LogP contribution in [0.5, 0.6) is 0 Å². The molecule has 15 heavy (non-hydrogen) atoms. The molecule has 1 N–H and O–H groups in total. The number of aliphatic carboxylic acids is 1. The summed E-state index contributed by atoms with van der Waals surface area (Å²) in [5, 5.41) is 8.97. The van der Waals surface area contributed by atoms with Crippen molar-refractivity contribution in [3.63, 3.8) is 0 Å². The molecule has 0 fully saturated rings. The van der Waals surface area contributed by atoms with Gasteiger partial charge in [0.1, 0.15) is 0 Å². The number of carbonyl (C=O) groups is 1. The van der Waals surface area contributed by atoms with Crippen LogP contribution in [-0.2, 0) is 4.79 Å². The van der Waals surface area contributed by atoms with Crippen molar-refractivity contribution in [2.45, 2.75) is 19.8 Å². The Labute approximate surface area is 87.2 Å². The number of aryl methyl sites for hydroxylation is 1. The maximum Gasteiger partial charge on any atom is 0.312 e. The van der Waals surface area contributed by atoms with Crippen molar-refractivity contribution in [1.29, 1.82) is 0 Å². The van der Waals surface area contributed by atoms with Gasteiger partial charge in [-0.05, 0) is 26.0 Å². The first kappa shape index (κ1) is 9.71. The zero-order valence-corrected chi connectivity index (χ0v) is 8.64. The number of hydrogen-bond donors (Lipinski definition) is 1. The fraction of sp³-hybridized carbons (Fsp3) is 0.273. The smallest absolute Gasteiger partial charge is 0.312 e. The number of rotatable bonds is 2. The standard InChI is InChI=1S/C11H12N2O2/c1-7(11(14)15)9-4-3-5-10-8(2)12-6-13(9)10/h3-7H,1-2H3,(H,14,15). The summed E-state index contributed by atoms with van der Waals surface area (Å²) < 4.78 is 1.83. The number of hydrogen-bond acceptors (Lipinski definition) is 2. The van der Waals surface area contributed by atoms with Crippen molar-refractivity contribution in [2.75, 3.05) is 0 Å². The van der Waals surface area contributed by atoms with Crippen molar-refractivity contribution in [3.8, 4) is 0 Å². The molecule has 0 amide bonds. The molecule has 0 radical (unpaired) electrons. The van der Waals surface area contributed by atoms with Gasteiger partial charge in [0, 0.05) is 5.69 Å². The Morgan fingerprint density at radius 1 is 1.53 bits per heavy atom. The molecule has 0 bridgehead atoms. The highest BCUT2D eigenvalue weighted by molar-refractivity contribution is 5.75. The monoisotopic (exact) mass is 204 g/mol. The summed E-state index contributed by atoms with van der Waals surface area (Å²) in [6.45, 7) is 3.58. The van der Waals surface area contributed by atoms with Crippen LogP contribution < -0.4 is 0 Å². The second kappa shape index (κ2) is 3.38. The van der Waals surface area contributed by atoms with E-state index in [1.165, 1.54) is 0 Å². The van der Waals surface area contributed by atoms with Crippen LogP contribution in [0.15, 0.2) is 24.5 Å². The summed E-state index contributed by atoms with van der Waals surface area (Å²) in [5.41, 5.74) is 2.62. The number of fused-ring (bicyclic) bond motifs is 1. The van der Waals surface area contributed by atoms with Crippen LogP contribution in [0.3, 0.4) is 0 Å². The fourth-order valence-electron chi connectivity index (χ4n) is 1.65. The Balaban J connectivity index is 2.66. The Hall–Kier alpha value is -1.84. The second-order valence-corrected chi connectivity index (χ2v) is 3.60. The number of imidazole rings is 1. The van der Waals surface area contributed by atoms with E-state index in [0.29, 0.717) is 0 Å². The molecule has 0 aliphatic heterocycles. The van der Waals surface area contributed by atoms with Crippen molar-refractivity contribution in [3.05, 3.63) is 35.9 Å². The van der Waals surface area contributed by atoms with Crippen molar-refractivity contribution in [1.82, 2.24) is 9.38 Å². The third kappa shape index (κ3) is 1.48. The minimum absolute atomic E-state index is 0.526. The molecule has 2 heterocycles. The van der Waals surface area contributed by atoms with Gasteiger partial charge in [-0.2, -0.15) is 0 Å². The minimum Gasteiger partial charge on any atom is -0.481 e. The van der Waals surface area contributed by atoms with Gasteiger partial charge in [0.05, 0.1) is 23.5 Å². The minimum atomic E-state index is -0.825. The van der Waals surface area contributed by atoms with E-state index in [0.717, 1.165) is 16.9 Å². The summed E-state index contributed by atoms with van der Waals surface area (Å²) in [4.78, 5) is 15.1. The van der Waals surface area contributed by atoms with E-state index in [2.05, 4.69) is 4.98 Å². The molecule has 1 unspecified atom stereocenters. The Kier molecular flexibility index (Phi) is 2.19. The first-order valence-electron chi connectivity index (χ1n) is 4.76. The van der Waals surface area contributed by atoms with Crippen LogP contribution in [0.4, 0.5) is 0 Å². The average molecular weight is 204 g/mol. The summed E-state index contributed by atoms with van der Waals surface area (Å²) in [7, 11) is 0. The number of carboxylic acids is 1. The molecule has 78 valence electrons. The van der Waals surface area contributed by atoms with Crippen LogP contribution in [-0.4, -0.2) is 20.5 Å². The van der Waals surface area contributed by atoms with Crippen LogP contribution in [0.1, 0.15) is 24.2 Å². The highest BCUT2D eigenvalue weighted by Crippen LogP contribution is 2.18. The van der Waals surface area contributed by atoms with E-state index in [4.69, 9.17) is 5.11 Å².